The van der Waals surface area contributed by atoms with E-state index >= 15 is 0 Å². The number of alkyl halides is 3. The van der Waals surface area contributed by atoms with Gasteiger partial charge in [-0.25, -0.2) is 0 Å². The Kier molecular flexibility index (Phi) is 2.53. The van der Waals surface area contributed by atoms with Crippen molar-refractivity contribution in [3.05, 3.63) is 29.5 Å². The summed E-state index contributed by atoms with van der Waals surface area (Å²) in [6.45, 7) is 0. The van der Waals surface area contributed by atoms with Crippen molar-refractivity contribution in [3.63, 3.8) is 0 Å². The molecule has 4 nitrogen and oxygen atoms in total. The van der Waals surface area contributed by atoms with E-state index in [-0.39, 0.29) is 16.7 Å². The third kappa shape index (κ3) is 2.08. The lowest BCUT2D eigenvalue weighted by atomic mass is 10.1. The fraction of sp³-hybridized carbons (Fsp3) is 0.200. The molecular weight excluding hydrogens is 239 g/mol. The van der Waals surface area contributed by atoms with Crippen LogP contribution in [0.4, 0.5) is 13.2 Å². The molecule has 0 atom stereocenters. The van der Waals surface area contributed by atoms with Crippen molar-refractivity contribution in [2.75, 3.05) is 0 Å². The Balaban J connectivity index is 2.61. The van der Waals surface area contributed by atoms with Crippen LogP contribution in [-0.2, 0) is 17.4 Å². The normalized spacial score (nSPS) is 11.9. The zero-order chi connectivity index (χ0) is 12.6. The van der Waals surface area contributed by atoms with Crippen LogP contribution in [0.25, 0.3) is 10.9 Å². The molecule has 2 rings (SSSR count). The molecule has 1 N–H and O–H groups in total. The van der Waals surface area contributed by atoms with Crippen LogP contribution in [0.15, 0.2) is 22.7 Å². The van der Waals surface area contributed by atoms with Gasteiger partial charge in [0.05, 0.1) is 5.56 Å². The number of nitrogens with zero attached hydrogens (tertiary/aromatic N) is 1. The van der Waals surface area contributed by atoms with Crippen LogP contribution in [0.5, 0.6) is 0 Å². The van der Waals surface area contributed by atoms with Crippen LogP contribution < -0.4 is 0 Å². The van der Waals surface area contributed by atoms with Crippen LogP contribution >= 0.6 is 0 Å². The lowest BCUT2D eigenvalue weighted by molar-refractivity contribution is -0.137. The molecule has 0 fully saturated rings. The first-order valence-electron chi connectivity index (χ1n) is 4.56. The minimum Gasteiger partial charge on any atom is -0.481 e. The molecule has 0 aliphatic heterocycles. The van der Waals surface area contributed by atoms with E-state index in [9.17, 15) is 18.0 Å². The van der Waals surface area contributed by atoms with Gasteiger partial charge in [-0.3, -0.25) is 4.79 Å². The maximum absolute atomic E-state index is 12.6. The third-order valence-electron chi connectivity index (χ3n) is 2.20. The molecule has 1 aromatic carbocycles. The number of aliphatic carboxylic acids is 1. The highest BCUT2D eigenvalue weighted by Crippen LogP contribution is 2.35. The summed E-state index contributed by atoms with van der Waals surface area (Å²) < 4.78 is 42.4. The Bertz CT molecular complexity index is 574. The van der Waals surface area contributed by atoms with E-state index < -0.39 is 24.1 Å². The van der Waals surface area contributed by atoms with Gasteiger partial charge in [-0.05, 0) is 12.1 Å². The molecule has 0 spiro atoms. The second-order valence-electron chi connectivity index (χ2n) is 3.38. The van der Waals surface area contributed by atoms with E-state index in [0.717, 1.165) is 6.07 Å². The first-order valence-corrected chi connectivity index (χ1v) is 4.56. The predicted molar refractivity (Wildman–Crippen MR) is 50.4 cm³/mol. The van der Waals surface area contributed by atoms with Crippen molar-refractivity contribution in [2.24, 2.45) is 0 Å². The molecule has 0 aliphatic carbocycles. The number of rotatable bonds is 2. The molecule has 0 saturated heterocycles. The summed E-state index contributed by atoms with van der Waals surface area (Å²) in [4.78, 5) is 10.5. The summed E-state index contributed by atoms with van der Waals surface area (Å²) in [6.07, 6.45) is -5.05. The first kappa shape index (κ1) is 11.4. The average molecular weight is 245 g/mol. The van der Waals surface area contributed by atoms with Gasteiger partial charge in [-0.15, -0.1) is 0 Å². The molecular formula is C10H6F3NO3. The molecule has 2 aromatic rings. The molecule has 0 bridgehead atoms. The van der Waals surface area contributed by atoms with Crippen molar-refractivity contribution in [3.8, 4) is 0 Å². The maximum atomic E-state index is 12.6. The smallest absolute Gasteiger partial charge is 0.418 e. The maximum Gasteiger partial charge on any atom is 0.418 e. The van der Waals surface area contributed by atoms with Gasteiger partial charge in [0.1, 0.15) is 11.9 Å². The minimum absolute atomic E-state index is 0.0715. The summed E-state index contributed by atoms with van der Waals surface area (Å²) in [5.74, 6) is -1.28. The van der Waals surface area contributed by atoms with Gasteiger partial charge in [0.2, 0.25) is 0 Å². The molecule has 0 radical (unpaired) electrons. The van der Waals surface area contributed by atoms with Crippen LogP contribution in [0.2, 0.25) is 0 Å². The van der Waals surface area contributed by atoms with Gasteiger partial charge >= 0.3 is 12.1 Å². The largest absolute Gasteiger partial charge is 0.481 e. The van der Waals surface area contributed by atoms with Gasteiger partial charge in [-0.1, -0.05) is 11.2 Å². The number of halogens is 3. The van der Waals surface area contributed by atoms with Crippen molar-refractivity contribution >= 4 is 16.9 Å². The number of benzene rings is 1. The number of carboxylic acids is 1. The standard InChI is InChI=1S/C10H6F3NO3/c11-10(12,13)6-3-1-2-5-7(4-8(15)16)17-14-9(5)6/h1-3H,4H2,(H,15,16). The van der Waals surface area contributed by atoms with E-state index in [1.807, 2.05) is 0 Å². The van der Waals surface area contributed by atoms with E-state index in [1.165, 1.54) is 12.1 Å². The highest BCUT2D eigenvalue weighted by molar-refractivity contribution is 5.86. The van der Waals surface area contributed by atoms with Gasteiger partial charge < -0.3 is 9.63 Å². The molecule has 17 heavy (non-hydrogen) atoms. The summed E-state index contributed by atoms with van der Waals surface area (Å²) in [5.41, 5.74) is -1.30. The van der Waals surface area contributed by atoms with E-state index in [2.05, 4.69) is 9.68 Å². The number of fused-ring (bicyclic) bond motifs is 1. The molecule has 1 heterocycles. The first-order chi connectivity index (χ1) is 7.89. The minimum atomic E-state index is -4.54. The van der Waals surface area contributed by atoms with Crippen LogP contribution in [0, 0.1) is 0 Å². The van der Waals surface area contributed by atoms with Crippen LogP contribution in [0.1, 0.15) is 11.3 Å². The fourth-order valence-electron chi connectivity index (χ4n) is 1.51. The van der Waals surface area contributed by atoms with Gasteiger partial charge in [0, 0.05) is 5.39 Å². The zero-order valence-electron chi connectivity index (χ0n) is 8.28. The lowest BCUT2D eigenvalue weighted by Crippen LogP contribution is -2.05. The molecule has 0 amide bonds. The van der Waals surface area contributed by atoms with Gasteiger partial charge in [-0.2, -0.15) is 13.2 Å². The Hall–Kier alpha value is -2.05. The molecule has 7 heteroatoms. The third-order valence-corrected chi connectivity index (χ3v) is 2.20. The predicted octanol–water partition coefficient (Wildman–Crippen LogP) is 2.47. The average Bonchev–Trinajstić information content (AvgIpc) is 2.59. The molecule has 1 aromatic heterocycles. The highest BCUT2D eigenvalue weighted by atomic mass is 19.4. The zero-order valence-corrected chi connectivity index (χ0v) is 8.28. The Morgan fingerprint density at radius 2 is 2.12 bits per heavy atom. The molecule has 0 saturated carbocycles. The second-order valence-corrected chi connectivity index (χ2v) is 3.38. The van der Waals surface area contributed by atoms with Gasteiger partial charge in [0.25, 0.3) is 0 Å². The monoisotopic (exact) mass is 245 g/mol. The number of carboxylic acid groups (broad SMARTS) is 1. The van der Waals surface area contributed by atoms with Crippen LogP contribution in [-0.4, -0.2) is 16.2 Å². The second kappa shape index (κ2) is 3.76. The molecule has 0 aliphatic rings. The molecule has 0 unspecified atom stereocenters. The molecule has 90 valence electrons. The van der Waals surface area contributed by atoms with E-state index in [1.54, 1.807) is 0 Å². The number of aromatic nitrogens is 1. The summed E-state index contributed by atoms with van der Waals surface area (Å²) in [7, 11) is 0. The summed E-state index contributed by atoms with van der Waals surface area (Å²) in [5, 5.41) is 11.9. The topological polar surface area (TPSA) is 63.3 Å². The quantitative estimate of drug-likeness (QED) is 0.882. The van der Waals surface area contributed by atoms with Crippen LogP contribution in [0.3, 0.4) is 0 Å². The van der Waals surface area contributed by atoms with Crippen molar-refractivity contribution in [2.45, 2.75) is 12.6 Å². The van der Waals surface area contributed by atoms with E-state index in [0.29, 0.717) is 0 Å². The van der Waals surface area contributed by atoms with Crippen molar-refractivity contribution in [1.29, 1.82) is 0 Å². The van der Waals surface area contributed by atoms with E-state index in [4.69, 9.17) is 5.11 Å². The van der Waals surface area contributed by atoms with Crippen molar-refractivity contribution < 1.29 is 27.6 Å². The Morgan fingerprint density at radius 3 is 2.71 bits per heavy atom. The lowest BCUT2D eigenvalue weighted by Gasteiger charge is -2.05. The summed E-state index contributed by atoms with van der Waals surface area (Å²) in [6, 6.07) is 3.41. The number of hydrogen-bond acceptors (Lipinski definition) is 3. The SMILES string of the molecule is O=C(O)Cc1onc2c(C(F)(F)F)cccc12. The Morgan fingerprint density at radius 1 is 1.41 bits per heavy atom. The number of hydrogen-bond donors (Lipinski definition) is 1. The van der Waals surface area contributed by atoms with Crippen molar-refractivity contribution in [1.82, 2.24) is 5.16 Å². The highest BCUT2D eigenvalue weighted by Gasteiger charge is 2.34. The fourth-order valence-corrected chi connectivity index (χ4v) is 1.51. The summed E-state index contributed by atoms with van der Waals surface area (Å²) >= 11 is 0. The number of carbonyl (C=O) groups is 1. The van der Waals surface area contributed by atoms with Gasteiger partial charge in [0.15, 0.2) is 5.76 Å². The Labute approximate surface area is 92.6 Å².